The van der Waals surface area contributed by atoms with E-state index in [1.807, 2.05) is 30.3 Å². The van der Waals surface area contributed by atoms with Gasteiger partial charge in [-0.05, 0) is 60.7 Å². The maximum Gasteiger partial charge on any atom is 0.224 e. The van der Waals surface area contributed by atoms with Crippen LogP contribution in [-0.2, 0) is 11.3 Å². The van der Waals surface area contributed by atoms with Crippen molar-refractivity contribution in [3.05, 3.63) is 83.8 Å². The van der Waals surface area contributed by atoms with Crippen LogP contribution in [0.5, 0.6) is 17.4 Å². The van der Waals surface area contributed by atoms with Crippen molar-refractivity contribution >= 4 is 5.91 Å². The van der Waals surface area contributed by atoms with Crippen LogP contribution in [0.25, 0.3) is 0 Å². The SMILES string of the molecule is CCCOc1ccc(Oc2ncccc2CNC(=O)C2CC2c2ccccc2F)cc1. The molecule has 1 saturated carbocycles. The highest BCUT2D eigenvalue weighted by Gasteiger charge is 2.45. The predicted octanol–water partition coefficient (Wildman–Crippen LogP) is 5.22. The molecule has 2 aromatic carbocycles. The Morgan fingerprint density at radius 2 is 1.87 bits per heavy atom. The maximum absolute atomic E-state index is 13.9. The summed E-state index contributed by atoms with van der Waals surface area (Å²) in [6.07, 6.45) is 3.26. The summed E-state index contributed by atoms with van der Waals surface area (Å²) in [6, 6.07) is 17.7. The third kappa shape index (κ3) is 5.20. The number of nitrogens with one attached hydrogen (secondary N) is 1. The maximum atomic E-state index is 13.9. The molecule has 1 aliphatic carbocycles. The summed E-state index contributed by atoms with van der Waals surface area (Å²) >= 11 is 0. The number of ether oxygens (including phenoxy) is 2. The fourth-order valence-corrected chi connectivity index (χ4v) is 3.50. The third-order valence-electron chi connectivity index (χ3n) is 5.25. The number of pyridine rings is 1. The molecule has 0 aliphatic heterocycles. The van der Waals surface area contributed by atoms with E-state index < -0.39 is 0 Å². The van der Waals surface area contributed by atoms with Gasteiger partial charge < -0.3 is 14.8 Å². The van der Waals surface area contributed by atoms with E-state index >= 15 is 0 Å². The largest absolute Gasteiger partial charge is 0.494 e. The Morgan fingerprint density at radius 3 is 2.65 bits per heavy atom. The van der Waals surface area contributed by atoms with Crippen molar-refractivity contribution in [3.8, 4) is 17.4 Å². The second-order valence-corrected chi connectivity index (χ2v) is 7.58. The van der Waals surface area contributed by atoms with Crippen molar-refractivity contribution in [2.45, 2.75) is 32.2 Å². The molecule has 160 valence electrons. The van der Waals surface area contributed by atoms with Crippen LogP contribution in [0.2, 0.25) is 0 Å². The normalized spacial score (nSPS) is 17.1. The molecule has 1 fully saturated rings. The van der Waals surface area contributed by atoms with E-state index in [1.165, 1.54) is 6.07 Å². The number of rotatable bonds is 9. The molecule has 1 N–H and O–H groups in total. The molecule has 0 bridgehead atoms. The number of amides is 1. The number of benzene rings is 2. The van der Waals surface area contributed by atoms with Gasteiger partial charge in [0.25, 0.3) is 0 Å². The molecule has 2 atom stereocenters. The molecule has 0 spiro atoms. The Balaban J connectivity index is 1.35. The monoisotopic (exact) mass is 420 g/mol. The van der Waals surface area contributed by atoms with Crippen LogP contribution >= 0.6 is 0 Å². The molecule has 5 nitrogen and oxygen atoms in total. The van der Waals surface area contributed by atoms with Gasteiger partial charge in [0, 0.05) is 24.2 Å². The van der Waals surface area contributed by atoms with Gasteiger partial charge >= 0.3 is 0 Å². The van der Waals surface area contributed by atoms with E-state index in [0.29, 0.717) is 36.8 Å². The van der Waals surface area contributed by atoms with Gasteiger partial charge in [0.05, 0.1) is 6.61 Å². The highest BCUT2D eigenvalue weighted by molar-refractivity contribution is 5.82. The molecule has 6 heteroatoms. The molecule has 0 saturated heterocycles. The molecular formula is C25H25FN2O3. The van der Waals surface area contributed by atoms with Gasteiger partial charge in [-0.2, -0.15) is 0 Å². The summed E-state index contributed by atoms with van der Waals surface area (Å²) in [6.45, 7) is 3.02. The van der Waals surface area contributed by atoms with Crippen LogP contribution < -0.4 is 14.8 Å². The van der Waals surface area contributed by atoms with E-state index in [1.54, 1.807) is 30.5 Å². The number of aromatic nitrogens is 1. The van der Waals surface area contributed by atoms with Gasteiger partial charge in [-0.15, -0.1) is 0 Å². The zero-order chi connectivity index (χ0) is 21.6. The lowest BCUT2D eigenvalue weighted by Gasteiger charge is -2.11. The second-order valence-electron chi connectivity index (χ2n) is 7.58. The van der Waals surface area contributed by atoms with Gasteiger partial charge in [0.1, 0.15) is 17.3 Å². The zero-order valence-electron chi connectivity index (χ0n) is 17.4. The number of nitrogens with zero attached hydrogens (tertiary/aromatic N) is 1. The van der Waals surface area contributed by atoms with Crippen molar-refractivity contribution < 1.29 is 18.7 Å². The molecule has 4 rings (SSSR count). The Labute approximate surface area is 181 Å². The lowest BCUT2D eigenvalue weighted by molar-refractivity contribution is -0.122. The molecule has 1 aliphatic rings. The van der Waals surface area contributed by atoms with Crippen molar-refractivity contribution in [3.63, 3.8) is 0 Å². The van der Waals surface area contributed by atoms with Gasteiger partial charge in [0.15, 0.2) is 0 Å². The number of carbonyl (C=O) groups is 1. The summed E-state index contributed by atoms with van der Waals surface area (Å²) in [4.78, 5) is 16.9. The molecule has 1 aromatic heterocycles. The molecule has 31 heavy (non-hydrogen) atoms. The number of hydrogen-bond acceptors (Lipinski definition) is 4. The van der Waals surface area contributed by atoms with Gasteiger partial charge in [-0.3, -0.25) is 4.79 Å². The summed E-state index contributed by atoms with van der Waals surface area (Å²) < 4.78 is 25.4. The molecular weight excluding hydrogens is 395 g/mol. The molecule has 0 radical (unpaired) electrons. The van der Waals surface area contributed by atoms with Gasteiger partial charge in [-0.1, -0.05) is 31.2 Å². The van der Waals surface area contributed by atoms with Crippen LogP contribution in [0.1, 0.15) is 36.8 Å². The minimum absolute atomic E-state index is 0.0562. The first kappa shape index (κ1) is 20.8. The minimum atomic E-state index is -0.253. The average molecular weight is 420 g/mol. The first-order valence-corrected chi connectivity index (χ1v) is 10.5. The van der Waals surface area contributed by atoms with Crippen LogP contribution in [-0.4, -0.2) is 17.5 Å². The molecule has 1 amide bonds. The lowest BCUT2D eigenvalue weighted by atomic mass is 10.1. The quantitative estimate of drug-likeness (QED) is 0.515. The lowest BCUT2D eigenvalue weighted by Crippen LogP contribution is -2.25. The van der Waals surface area contributed by atoms with Gasteiger partial charge in [0.2, 0.25) is 11.8 Å². The average Bonchev–Trinajstić information content (AvgIpc) is 3.59. The highest BCUT2D eigenvalue weighted by atomic mass is 19.1. The van der Waals surface area contributed by atoms with Crippen molar-refractivity contribution in [1.82, 2.24) is 10.3 Å². The summed E-state index contributed by atoms with van der Waals surface area (Å²) in [5.74, 6) is 1.27. The van der Waals surface area contributed by atoms with E-state index in [2.05, 4.69) is 17.2 Å². The third-order valence-corrected chi connectivity index (χ3v) is 5.25. The van der Waals surface area contributed by atoms with E-state index in [-0.39, 0.29) is 23.6 Å². The van der Waals surface area contributed by atoms with Crippen molar-refractivity contribution in [2.75, 3.05) is 6.61 Å². The topological polar surface area (TPSA) is 60.5 Å². The molecule has 3 aromatic rings. The summed E-state index contributed by atoms with van der Waals surface area (Å²) in [5, 5.41) is 2.94. The van der Waals surface area contributed by atoms with Gasteiger partial charge in [-0.25, -0.2) is 9.37 Å². The smallest absolute Gasteiger partial charge is 0.224 e. The Hall–Kier alpha value is -3.41. The van der Waals surface area contributed by atoms with Crippen molar-refractivity contribution in [1.29, 1.82) is 0 Å². The molecule has 1 heterocycles. The number of carbonyl (C=O) groups excluding carboxylic acids is 1. The minimum Gasteiger partial charge on any atom is -0.494 e. The highest BCUT2D eigenvalue weighted by Crippen LogP contribution is 2.48. The van der Waals surface area contributed by atoms with E-state index in [9.17, 15) is 9.18 Å². The standard InChI is InChI=1S/C25H25FN2O3/c1-2-14-30-18-9-11-19(12-10-18)31-25-17(6-5-13-27-25)16-28-24(29)22-15-21(22)20-7-3-4-8-23(20)26/h3-13,21-22H,2,14-16H2,1H3,(H,28,29). The Kier molecular flexibility index (Phi) is 6.46. The first-order chi connectivity index (χ1) is 15.2. The van der Waals surface area contributed by atoms with Crippen LogP contribution in [0.3, 0.4) is 0 Å². The summed E-state index contributed by atoms with van der Waals surface area (Å²) in [7, 11) is 0. The van der Waals surface area contributed by atoms with E-state index in [0.717, 1.165) is 17.7 Å². The predicted molar refractivity (Wildman–Crippen MR) is 116 cm³/mol. The second kappa shape index (κ2) is 9.60. The van der Waals surface area contributed by atoms with Crippen LogP contribution in [0, 0.1) is 11.7 Å². The van der Waals surface area contributed by atoms with Crippen LogP contribution in [0.15, 0.2) is 66.9 Å². The zero-order valence-corrected chi connectivity index (χ0v) is 17.4. The first-order valence-electron chi connectivity index (χ1n) is 10.5. The fourth-order valence-electron chi connectivity index (χ4n) is 3.50. The Bertz CT molecular complexity index is 1040. The summed E-state index contributed by atoms with van der Waals surface area (Å²) in [5.41, 5.74) is 1.38. The molecule has 2 unspecified atom stereocenters. The van der Waals surface area contributed by atoms with Crippen molar-refractivity contribution in [2.24, 2.45) is 5.92 Å². The number of hydrogen-bond donors (Lipinski definition) is 1. The fraction of sp³-hybridized carbons (Fsp3) is 0.280. The van der Waals surface area contributed by atoms with E-state index in [4.69, 9.17) is 9.47 Å². The van der Waals surface area contributed by atoms with Crippen LogP contribution in [0.4, 0.5) is 4.39 Å². The number of halogens is 1. The Morgan fingerprint density at radius 1 is 1.10 bits per heavy atom.